The van der Waals surface area contributed by atoms with Gasteiger partial charge in [0.05, 0.1) is 0 Å². The Labute approximate surface area is 152 Å². The molecule has 0 radical (unpaired) electrons. The van der Waals surface area contributed by atoms with E-state index in [9.17, 15) is 14.4 Å². The molecule has 0 bridgehead atoms. The van der Waals surface area contributed by atoms with Crippen LogP contribution in [0.2, 0.25) is 0 Å². The van der Waals surface area contributed by atoms with Crippen molar-refractivity contribution >= 4 is 50.9 Å². The number of ether oxygens (including phenoxy) is 2. The van der Waals surface area contributed by atoms with Gasteiger partial charge in [-0.3, -0.25) is 4.79 Å². The molecule has 0 N–H and O–H groups in total. The molecule has 0 unspecified atom stereocenters. The van der Waals surface area contributed by atoms with Crippen LogP contribution in [0, 0.1) is 0 Å². The average Bonchev–Trinajstić information content (AvgIpc) is 2.43. The zero-order chi connectivity index (χ0) is 18.1. The number of benzene rings is 1. The van der Waals surface area contributed by atoms with E-state index >= 15 is 0 Å². The minimum Gasteiger partial charge on any atom is -0.419 e. The summed E-state index contributed by atoms with van der Waals surface area (Å²) in [6.07, 6.45) is 1.37. The normalized spacial score (nSPS) is 16.3. The summed E-state index contributed by atoms with van der Waals surface area (Å²) < 4.78 is 10.9. The van der Waals surface area contributed by atoms with Gasteiger partial charge >= 0.3 is 11.9 Å². The Morgan fingerprint density at radius 2 is 1.79 bits per heavy atom. The van der Waals surface area contributed by atoms with Gasteiger partial charge in [0.1, 0.15) is 5.57 Å². The molecule has 1 fully saturated rings. The Kier molecular flexibility index (Phi) is 5.39. The van der Waals surface area contributed by atoms with E-state index in [0.717, 1.165) is 16.2 Å². The van der Waals surface area contributed by atoms with Crippen molar-refractivity contribution in [2.45, 2.75) is 24.5 Å². The molecule has 24 heavy (non-hydrogen) atoms. The van der Waals surface area contributed by atoms with Crippen molar-refractivity contribution < 1.29 is 23.9 Å². The first-order valence-electron chi connectivity index (χ1n) is 6.96. The first-order chi connectivity index (χ1) is 11.1. The molecule has 1 amide bonds. The molecule has 1 aliphatic heterocycles. The van der Waals surface area contributed by atoms with Gasteiger partial charge in [0, 0.05) is 37.3 Å². The van der Waals surface area contributed by atoms with Crippen molar-refractivity contribution in [3.05, 3.63) is 33.8 Å². The van der Waals surface area contributed by atoms with E-state index in [1.807, 2.05) is 0 Å². The minimum absolute atomic E-state index is 0.178. The summed E-state index contributed by atoms with van der Waals surface area (Å²) in [5.41, 5.74) is 0.331. The van der Waals surface area contributed by atoms with Crippen molar-refractivity contribution in [2.75, 3.05) is 14.1 Å². The van der Waals surface area contributed by atoms with Gasteiger partial charge < -0.3 is 14.4 Å². The number of thioether (sulfide) groups is 1. The van der Waals surface area contributed by atoms with Gasteiger partial charge in [-0.05, 0) is 35.5 Å². The number of cyclic esters (lactones) is 2. The van der Waals surface area contributed by atoms with Crippen molar-refractivity contribution in [3.8, 4) is 0 Å². The predicted molar refractivity (Wildman–Crippen MR) is 93.3 cm³/mol. The fraction of sp³-hybridized carbons (Fsp3) is 0.312. The fourth-order valence-corrected chi connectivity index (χ4v) is 3.15. The molecule has 8 heteroatoms. The number of halogens is 1. The monoisotopic (exact) mass is 413 g/mol. The van der Waals surface area contributed by atoms with Gasteiger partial charge in [-0.2, -0.15) is 0 Å². The zero-order valence-electron chi connectivity index (χ0n) is 13.6. The van der Waals surface area contributed by atoms with Crippen LogP contribution in [0.15, 0.2) is 33.1 Å². The van der Waals surface area contributed by atoms with Gasteiger partial charge in [-0.15, -0.1) is 0 Å². The van der Waals surface area contributed by atoms with E-state index < -0.39 is 17.7 Å². The molecule has 2 rings (SSSR count). The third kappa shape index (κ3) is 4.39. The van der Waals surface area contributed by atoms with Gasteiger partial charge in [0.25, 0.3) is 11.0 Å². The highest BCUT2D eigenvalue weighted by molar-refractivity contribution is 9.10. The molecule has 0 saturated carbocycles. The molecule has 0 aliphatic carbocycles. The van der Waals surface area contributed by atoms with Crippen LogP contribution in [-0.2, 0) is 19.1 Å². The number of amides is 1. The van der Waals surface area contributed by atoms with Crippen molar-refractivity contribution in [1.82, 2.24) is 4.90 Å². The van der Waals surface area contributed by atoms with Gasteiger partial charge in [-0.25, -0.2) is 9.59 Å². The van der Waals surface area contributed by atoms with Crippen molar-refractivity contribution in [3.63, 3.8) is 0 Å². The van der Waals surface area contributed by atoms with Gasteiger partial charge in [-0.1, -0.05) is 22.0 Å². The SMILES string of the molecule is CN(C)C(=O)Sc1cc(Br)ccc1C=C1C(=O)OC(C)(C)OC1=O. The lowest BCUT2D eigenvalue weighted by Crippen LogP contribution is -2.41. The summed E-state index contributed by atoms with van der Waals surface area (Å²) in [4.78, 5) is 38.1. The lowest BCUT2D eigenvalue weighted by molar-refractivity contribution is -0.222. The summed E-state index contributed by atoms with van der Waals surface area (Å²) in [7, 11) is 3.28. The Balaban J connectivity index is 2.40. The number of carbonyl (C=O) groups excluding carboxylic acids is 3. The number of hydrogen-bond donors (Lipinski definition) is 0. The maximum absolute atomic E-state index is 12.1. The van der Waals surface area contributed by atoms with E-state index in [1.54, 1.807) is 32.3 Å². The largest absolute Gasteiger partial charge is 0.419 e. The van der Waals surface area contributed by atoms with Crippen LogP contribution in [0.1, 0.15) is 19.4 Å². The molecule has 1 saturated heterocycles. The van der Waals surface area contributed by atoms with E-state index in [-0.39, 0.29) is 10.8 Å². The van der Waals surface area contributed by atoms with Crippen molar-refractivity contribution in [1.29, 1.82) is 0 Å². The second-order valence-electron chi connectivity index (χ2n) is 5.68. The molecular weight excluding hydrogens is 398 g/mol. The molecule has 0 aromatic heterocycles. The van der Waals surface area contributed by atoms with Crippen molar-refractivity contribution in [2.24, 2.45) is 0 Å². The lowest BCUT2D eigenvalue weighted by Gasteiger charge is -2.29. The van der Waals surface area contributed by atoms with Crippen LogP contribution in [0.3, 0.4) is 0 Å². The van der Waals surface area contributed by atoms with Crippen LogP contribution in [0.25, 0.3) is 6.08 Å². The molecule has 0 spiro atoms. The lowest BCUT2D eigenvalue weighted by atomic mass is 10.1. The highest BCUT2D eigenvalue weighted by Crippen LogP contribution is 2.31. The number of rotatable bonds is 2. The third-order valence-electron chi connectivity index (χ3n) is 2.95. The van der Waals surface area contributed by atoms with E-state index in [0.29, 0.717) is 10.5 Å². The average molecular weight is 414 g/mol. The summed E-state index contributed by atoms with van der Waals surface area (Å²) in [5, 5.41) is -0.178. The molecule has 1 aromatic carbocycles. The summed E-state index contributed by atoms with van der Waals surface area (Å²) in [6.45, 7) is 2.96. The standard InChI is InChI=1S/C16H16BrNO5S/c1-16(2)22-13(19)11(14(20)23-16)7-9-5-6-10(17)8-12(9)24-15(21)18(3)4/h5-8H,1-4H3. The topological polar surface area (TPSA) is 72.9 Å². The number of hydrogen-bond acceptors (Lipinski definition) is 6. The highest BCUT2D eigenvalue weighted by Gasteiger charge is 2.39. The Morgan fingerprint density at radius 1 is 1.21 bits per heavy atom. The molecule has 0 atom stereocenters. The second kappa shape index (κ2) is 6.98. The van der Waals surface area contributed by atoms with E-state index in [4.69, 9.17) is 9.47 Å². The molecule has 1 aromatic rings. The smallest absolute Gasteiger partial charge is 0.348 e. The minimum atomic E-state index is -1.29. The first kappa shape index (κ1) is 18.5. The van der Waals surface area contributed by atoms with Crippen LogP contribution < -0.4 is 0 Å². The van der Waals surface area contributed by atoms with E-state index in [1.165, 1.54) is 24.8 Å². The summed E-state index contributed by atoms with van der Waals surface area (Å²) in [6, 6.07) is 5.19. The van der Waals surface area contributed by atoms with Gasteiger partial charge in [0.15, 0.2) is 0 Å². The third-order valence-corrected chi connectivity index (χ3v) is 4.56. The van der Waals surface area contributed by atoms with Crippen LogP contribution in [-0.4, -0.2) is 42.0 Å². The quantitative estimate of drug-likeness (QED) is 0.320. The molecule has 1 heterocycles. The summed E-state index contributed by atoms with van der Waals surface area (Å²) in [5.74, 6) is -2.80. The predicted octanol–water partition coefficient (Wildman–Crippen LogP) is 3.44. The number of carbonyl (C=O) groups is 3. The highest BCUT2D eigenvalue weighted by atomic mass is 79.9. The van der Waals surface area contributed by atoms with E-state index in [2.05, 4.69) is 15.9 Å². The fourth-order valence-electron chi connectivity index (χ4n) is 1.84. The van der Waals surface area contributed by atoms with Crippen LogP contribution >= 0.6 is 27.7 Å². The maximum Gasteiger partial charge on any atom is 0.348 e. The molecule has 128 valence electrons. The maximum atomic E-state index is 12.1. The number of nitrogens with zero attached hydrogens (tertiary/aromatic N) is 1. The Morgan fingerprint density at radius 3 is 2.33 bits per heavy atom. The molecule has 1 aliphatic rings. The number of esters is 2. The molecular formula is C16H16BrNO5S. The molecule has 6 nitrogen and oxygen atoms in total. The Bertz CT molecular complexity index is 720. The zero-order valence-corrected chi connectivity index (χ0v) is 16.0. The van der Waals surface area contributed by atoms with Crippen LogP contribution in [0.4, 0.5) is 4.79 Å². The second-order valence-corrected chi connectivity index (χ2v) is 7.59. The van der Waals surface area contributed by atoms with Crippen LogP contribution in [0.5, 0.6) is 0 Å². The summed E-state index contributed by atoms with van der Waals surface area (Å²) >= 11 is 4.34. The first-order valence-corrected chi connectivity index (χ1v) is 8.57. The van der Waals surface area contributed by atoms with Gasteiger partial charge in [0.2, 0.25) is 0 Å². The Hall–Kier alpha value is -1.80.